The number of amides is 1. The molecule has 122 valence electrons. The zero-order chi connectivity index (χ0) is 16.9. The molecule has 0 heterocycles. The van der Waals surface area contributed by atoms with Crippen LogP contribution < -0.4 is 5.32 Å². The molecule has 1 N–H and O–H groups in total. The third-order valence-electron chi connectivity index (χ3n) is 3.62. The lowest BCUT2D eigenvalue weighted by Crippen LogP contribution is -2.12. The number of anilines is 1. The summed E-state index contributed by atoms with van der Waals surface area (Å²) in [6.45, 7) is 2.10. The Labute approximate surface area is 137 Å². The Hall–Kier alpha value is -2.14. The van der Waals surface area contributed by atoms with E-state index in [4.69, 9.17) is 0 Å². The van der Waals surface area contributed by atoms with Gasteiger partial charge in [-0.15, -0.1) is 0 Å². The van der Waals surface area contributed by atoms with Gasteiger partial charge in [-0.2, -0.15) is 0 Å². The summed E-state index contributed by atoms with van der Waals surface area (Å²) in [6, 6.07) is 14.5. The zero-order valence-corrected chi connectivity index (χ0v) is 14.2. The summed E-state index contributed by atoms with van der Waals surface area (Å²) in [7, 11) is -3.27. The zero-order valence-electron chi connectivity index (χ0n) is 13.4. The van der Waals surface area contributed by atoms with Crippen molar-refractivity contribution in [3.8, 4) is 0 Å². The number of carbonyl (C=O) groups is 1. The minimum absolute atomic E-state index is 0.129. The molecule has 0 saturated carbocycles. The number of benzene rings is 2. The fourth-order valence-electron chi connectivity index (χ4n) is 2.23. The van der Waals surface area contributed by atoms with Crippen LogP contribution in [0.5, 0.6) is 0 Å². The molecule has 0 atom stereocenters. The van der Waals surface area contributed by atoms with Crippen LogP contribution in [0.1, 0.15) is 24.5 Å². The van der Waals surface area contributed by atoms with Crippen molar-refractivity contribution in [2.45, 2.75) is 31.1 Å². The van der Waals surface area contributed by atoms with Gasteiger partial charge >= 0.3 is 0 Å². The van der Waals surface area contributed by atoms with Gasteiger partial charge in [-0.25, -0.2) is 8.42 Å². The van der Waals surface area contributed by atoms with Gasteiger partial charge in [0.25, 0.3) is 0 Å². The van der Waals surface area contributed by atoms with E-state index in [0.29, 0.717) is 18.5 Å². The molecule has 0 fully saturated rings. The van der Waals surface area contributed by atoms with Crippen LogP contribution in [0.4, 0.5) is 5.69 Å². The minimum Gasteiger partial charge on any atom is -0.326 e. The van der Waals surface area contributed by atoms with E-state index in [2.05, 4.69) is 24.4 Å². The lowest BCUT2D eigenvalue weighted by Gasteiger charge is -2.07. The predicted molar refractivity (Wildman–Crippen MR) is 92.3 cm³/mol. The van der Waals surface area contributed by atoms with Crippen molar-refractivity contribution in [2.75, 3.05) is 11.6 Å². The van der Waals surface area contributed by atoms with Crippen molar-refractivity contribution in [1.82, 2.24) is 0 Å². The summed E-state index contributed by atoms with van der Waals surface area (Å²) in [5.41, 5.74) is 2.89. The highest BCUT2D eigenvalue weighted by Crippen LogP contribution is 2.16. The Kier molecular flexibility index (Phi) is 5.55. The van der Waals surface area contributed by atoms with E-state index in [9.17, 15) is 13.2 Å². The highest BCUT2D eigenvalue weighted by Gasteiger charge is 2.09. The first-order chi connectivity index (χ1) is 10.9. The highest BCUT2D eigenvalue weighted by molar-refractivity contribution is 7.90. The van der Waals surface area contributed by atoms with E-state index in [1.54, 1.807) is 12.1 Å². The minimum atomic E-state index is -3.27. The summed E-state index contributed by atoms with van der Waals surface area (Å²) in [5, 5.41) is 2.74. The Balaban J connectivity index is 1.94. The van der Waals surface area contributed by atoms with E-state index < -0.39 is 9.84 Å². The highest BCUT2D eigenvalue weighted by atomic mass is 32.2. The number of rotatable bonds is 6. The lowest BCUT2D eigenvalue weighted by atomic mass is 10.1. The molecule has 23 heavy (non-hydrogen) atoms. The Morgan fingerprint density at radius 2 is 1.70 bits per heavy atom. The van der Waals surface area contributed by atoms with Gasteiger partial charge in [-0.1, -0.05) is 37.3 Å². The number of nitrogens with one attached hydrogen (secondary N) is 1. The van der Waals surface area contributed by atoms with Crippen molar-refractivity contribution >= 4 is 21.4 Å². The molecule has 0 bridgehead atoms. The first-order valence-electron chi connectivity index (χ1n) is 7.56. The van der Waals surface area contributed by atoms with Crippen LogP contribution in [0.15, 0.2) is 53.4 Å². The summed E-state index contributed by atoms with van der Waals surface area (Å²) in [6.07, 6.45) is 3.15. The molecule has 5 heteroatoms. The first-order valence-corrected chi connectivity index (χ1v) is 9.45. The van der Waals surface area contributed by atoms with Crippen LogP contribution in [0.2, 0.25) is 0 Å². The lowest BCUT2D eigenvalue weighted by molar-refractivity contribution is -0.116. The third kappa shape index (κ3) is 5.21. The van der Waals surface area contributed by atoms with E-state index in [-0.39, 0.29) is 10.8 Å². The Morgan fingerprint density at radius 1 is 1.04 bits per heavy atom. The van der Waals surface area contributed by atoms with Crippen molar-refractivity contribution in [1.29, 1.82) is 0 Å². The quantitative estimate of drug-likeness (QED) is 0.884. The van der Waals surface area contributed by atoms with Crippen LogP contribution in [0.25, 0.3) is 0 Å². The first kappa shape index (κ1) is 17.2. The average Bonchev–Trinajstić information content (AvgIpc) is 2.53. The number of aryl methyl sites for hydroxylation is 2. The molecule has 0 spiro atoms. The molecule has 1 amide bonds. The largest absolute Gasteiger partial charge is 0.326 e. The van der Waals surface area contributed by atoms with Crippen LogP contribution in [-0.4, -0.2) is 20.6 Å². The summed E-state index contributed by atoms with van der Waals surface area (Å²) < 4.78 is 23.0. The SMILES string of the molecule is CCc1ccc(CCC(=O)Nc2cccc(S(C)(=O)=O)c2)cc1. The summed E-state index contributed by atoms with van der Waals surface area (Å²) in [5.74, 6) is -0.129. The van der Waals surface area contributed by atoms with Crippen molar-refractivity contribution in [3.05, 3.63) is 59.7 Å². The second-order valence-electron chi connectivity index (χ2n) is 5.52. The van der Waals surface area contributed by atoms with E-state index in [1.807, 2.05) is 12.1 Å². The van der Waals surface area contributed by atoms with Gasteiger partial charge in [0.15, 0.2) is 9.84 Å². The number of sulfone groups is 1. The number of carbonyl (C=O) groups excluding carboxylic acids is 1. The van der Waals surface area contributed by atoms with E-state index >= 15 is 0 Å². The number of hydrogen-bond acceptors (Lipinski definition) is 3. The normalized spacial score (nSPS) is 11.2. The molecular weight excluding hydrogens is 310 g/mol. The molecule has 0 unspecified atom stereocenters. The fraction of sp³-hybridized carbons (Fsp3) is 0.278. The molecule has 0 radical (unpaired) electrons. The van der Waals surface area contributed by atoms with Gasteiger partial charge in [0.1, 0.15) is 0 Å². The smallest absolute Gasteiger partial charge is 0.224 e. The summed E-state index contributed by atoms with van der Waals surface area (Å²) in [4.78, 5) is 12.2. The van der Waals surface area contributed by atoms with Gasteiger partial charge in [-0.05, 0) is 42.2 Å². The molecule has 0 aliphatic carbocycles. The van der Waals surface area contributed by atoms with Gasteiger partial charge < -0.3 is 5.32 Å². The third-order valence-corrected chi connectivity index (χ3v) is 4.73. The maximum Gasteiger partial charge on any atom is 0.224 e. The predicted octanol–water partition coefficient (Wildman–Crippen LogP) is 3.22. The molecular formula is C18H21NO3S. The van der Waals surface area contributed by atoms with Crippen LogP contribution >= 0.6 is 0 Å². The van der Waals surface area contributed by atoms with Crippen molar-refractivity contribution in [2.24, 2.45) is 0 Å². The molecule has 4 nitrogen and oxygen atoms in total. The molecule has 0 aliphatic rings. The molecule has 0 aliphatic heterocycles. The maximum atomic E-state index is 12.0. The topological polar surface area (TPSA) is 63.2 Å². The monoisotopic (exact) mass is 331 g/mol. The number of hydrogen-bond donors (Lipinski definition) is 1. The summed E-state index contributed by atoms with van der Waals surface area (Å²) >= 11 is 0. The van der Waals surface area contributed by atoms with Crippen molar-refractivity contribution in [3.63, 3.8) is 0 Å². The average molecular weight is 331 g/mol. The molecule has 2 rings (SSSR count). The fourth-order valence-corrected chi connectivity index (χ4v) is 2.89. The van der Waals surface area contributed by atoms with Gasteiger partial charge in [0, 0.05) is 18.4 Å². The molecule has 0 aromatic heterocycles. The van der Waals surface area contributed by atoms with Gasteiger partial charge in [0.05, 0.1) is 4.90 Å². The maximum absolute atomic E-state index is 12.0. The van der Waals surface area contributed by atoms with Gasteiger partial charge in [-0.3, -0.25) is 4.79 Å². The van der Waals surface area contributed by atoms with Crippen LogP contribution in [0.3, 0.4) is 0 Å². The van der Waals surface area contributed by atoms with E-state index in [0.717, 1.165) is 18.2 Å². The second kappa shape index (κ2) is 7.42. The molecule has 0 saturated heterocycles. The van der Waals surface area contributed by atoms with Gasteiger partial charge in [0.2, 0.25) is 5.91 Å². The van der Waals surface area contributed by atoms with Crippen LogP contribution in [-0.2, 0) is 27.5 Å². The Morgan fingerprint density at radius 3 is 2.30 bits per heavy atom. The second-order valence-corrected chi connectivity index (χ2v) is 7.53. The van der Waals surface area contributed by atoms with Crippen molar-refractivity contribution < 1.29 is 13.2 Å². The van der Waals surface area contributed by atoms with Crippen LogP contribution in [0, 0.1) is 0 Å². The Bertz CT molecular complexity index is 780. The molecule has 2 aromatic carbocycles. The molecule has 2 aromatic rings. The van der Waals surface area contributed by atoms with E-state index in [1.165, 1.54) is 17.7 Å². The standard InChI is InChI=1S/C18H21NO3S/c1-3-14-7-9-15(10-8-14)11-12-18(20)19-16-5-4-6-17(13-16)23(2,21)22/h4-10,13H,3,11-12H2,1-2H3,(H,19,20).